The van der Waals surface area contributed by atoms with Gasteiger partial charge in [0.15, 0.2) is 5.78 Å². The van der Waals surface area contributed by atoms with Crippen molar-refractivity contribution >= 4 is 11.9 Å². The summed E-state index contributed by atoms with van der Waals surface area (Å²) < 4.78 is 10.1. The number of rotatable bonds is 1. The minimum absolute atomic E-state index is 0.0399. The van der Waals surface area contributed by atoms with Gasteiger partial charge < -0.3 is 15.2 Å². The molecule has 1 amide bonds. The van der Waals surface area contributed by atoms with E-state index >= 15 is 0 Å². The first-order chi connectivity index (χ1) is 7.66. The van der Waals surface area contributed by atoms with Crippen molar-refractivity contribution in [1.82, 2.24) is 0 Å². The minimum atomic E-state index is -0.889. The number of primary amides is 1. The van der Waals surface area contributed by atoms with E-state index in [1.165, 1.54) is 12.1 Å². The summed E-state index contributed by atoms with van der Waals surface area (Å²) in [5.74, 6) is 0.764. The van der Waals surface area contributed by atoms with Gasteiger partial charge in [-0.3, -0.25) is 4.79 Å². The predicted molar refractivity (Wildman–Crippen MR) is 55.7 cm³/mol. The summed E-state index contributed by atoms with van der Waals surface area (Å²) >= 11 is 0. The first-order valence-electron chi connectivity index (χ1n) is 4.94. The smallest absolute Gasteiger partial charge is 0.409 e. The monoisotopic (exact) mass is 221 g/mol. The van der Waals surface area contributed by atoms with E-state index in [0.29, 0.717) is 30.8 Å². The maximum Gasteiger partial charge on any atom is 0.409 e. The predicted octanol–water partition coefficient (Wildman–Crippen LogP) is 1.50. The molecule has 0 spiro atoms. The summed E-state index contributed by atoms with van der Waals surface area (Å²) in [5.41, 5.74) is 5.41. The molecule has 84 valence electrons. The average Bonchev–Trinajstić information content (AvgIpc) is 2.40. The Morgan fingerprint density at radius 2 is 2.25 bits per heavy atom. The molecule has 1 heterocycles. The lowest BCUT2D eigenvalue weighted by Crippen LogP contribution is -2.16. The van der Waals surface area contributed by atoms with Gasteiger partial charge in [0.05, 0.1) is 12.2 Å². The van der Waals surface area contributed by atoms with Gasteiger partial charge in [-0.2, -0.15) is 0 Å². The number of ketones is 1. The molecule has 0 saturated carbocycles. The molecule has 0 radical (unpaired) electrons. The van der Waals surface area contributed by atoms with Crippen LogP contribution in [-0.4, -0.2) is 18.5 Å². The number of ether oxygens (including phenoxy) is 2. The zero-order valence-corrected chi connectivity index (χ0v) is 8.56. The summed E-state index contributed by atoms with van der Waals surface area (Å²) in [6, 6.07) is 4.61. The van der Waals surface area contributed by atoms with Crippen LogP contribution >= 0.6 is 0 Å². The molecule has 1 aliphatic rings. The van der Waals surface area contributed by atoms with Crippen LogP contribution in [-0.2, 0) is 0 Å². The molecular weight excluding hydrogens is 210 g/mol. The van der Waals surface area contributed by atoms with Gasteiger partial charge in [0.2, 0.25) is 0 Å². The van der Waals surface area contributed by atoms with E-state index in [-0.39, 0.29) is 11.5 Å². The number of carbonyl (C=O) groups is 2. The van der Waals surface area contributed by atoms with Gasteiger partial charge in [-0.25, -0.2) is 4.79 Å². The standard InChI is InChI=1S/C11H11NO4/c12-11(14)16-7-3-4-8-9(13)2-1-5-15-10(8)6-7/h3-4,6H,1-2,5H2,(H2,12,14). The molecule has 0 bridgehead atoms. The number of fused-ring (bicyclic) bond motifs is 1. The highest BCUT2D eigenvalue weighted by Crippen LogP contribution is 2.28. The lowest BCUT2D eigenvalue weighted by Gasteiger charge is -2.07. The molecule has 0 fully saturated rings. The van der Waals surface area contributed by atoms with Crippen LogP contribution in [0.25, 0.3) is 0 Å². The number of Topliss-reactive ketones (excluding diaryl/α,β-unsaturated/α-hetero) is 1. The number of hydrogen-bond donors (Lipinski definition) is 1. The SMILES string of the molecule is NC(=O)Oc1ccc2c(c1)OCCCC2=O. The molecule has 0 aliphatic carbocycles. The van der Waals surface area contributed by atoms with Crippen LogP contribution in [0.4, 0.5) is 4.79 Å². The van der Waals surface area contributed by atoms with E-state index in [1.54, 1.807) is 6.07 Å². The van der Waals surface area contributed by atoms with E-state index in [2.05, 4.69) is 0 Å². The van der Waals surface area contributed by atoms with Crippen molar-refractivity contribution in [1.29, 1.82) is 0 Å². The molecule has 5 heteroatoms. The van der Waals surface area contributed by atoms with Gasteiger partial charge in [0, 0.05) is 12.5 Å². The van der Waals surface area contributed by atoms with Crippen molar-refractivity contribution in [2.45, 2.75) is 12.8 Å². The number of amides is 1. The highest BCUT2D eigenvalue weighted by atomic mass is 16.5. The Kier molecular flexibility index (Phi) is 2.76. The maximum absolute atomic E-state index is 11.6. The van der Waals surface area contributed by atoms with E-state index in [1.807, 2.05) is 0 Å². The Morgan fingerprint density at radius 3 is 3.00 bits per heavy atom. The minimum Gasteiger partial charge on any atom is -0.493 e. The molecule has 5 nitrogen and oxygen atoms in total. The van der Waals surface area contributed by atoms with E-state index in [0.717, 1.165) is 0 Å². The normalized spacial score (nSPS) is 14.6. The summed E-state index contributed by atoms with van der Waals surface area (Å²) in [6.45, 7) is 0.485. The molecule has 0 unspecified atom stereocenters. The first-order valence-corrected chi connectivity index (χ1v) is 4.94. The fourth-order valence-corrected chi connectivity index (χ4v) is 1.58. The Labute approximate surface area is 92.1 Å². The quantitative estimate of drug-likeness (QED) is 0.779. The van der Waals surface area contributed by atoms with E-state index in [9.17, 15) is 9.59 Å². The number of hydrogen-bond acceptors (Lipinski definition) is 4. The Morgan fingerprint density at radius 1 is 1.44 bits per heavy atom. The summed E-state index contributed by atoms with van der Waals surface area (Å²) in [4.78, 5) is 22.2. The molecule has 2 rings (SSSR count). The van der Waals surface area contributed by atoms with Gasteiger partial charge in [-0.1, -0.05) is 0 Å². The Hall–Kier alpha value is -2.04. The van der Waals surface area contributed by atoms with Crippen molar-refractivity contribution in [2.24, 2.45) is 5.73 Å². The zero-order valence-electron chi connectivity index (χ0n) is 8.56. The molecule has 2 N–H and O–H groups in total. The van der Waals surface area contributed by atoms with Crippen LogP contribution in [0, 0.1) is 0 Å². The fourth-order valence-electron chi connectivity index (χ4n) is 1.58. The summed E-state index contributed by atoms with van der Waals surface area (Å²) in [5, 5.41) is 0. The topological polar surface area (TPSA) is 78.6 Å². The number of benzene rings is 1. The Balaban J connectivity index is 2.33. The van der Waals surface area contributed by atoms with E-state index < -0.39 is 6.09 Å². The van der Waals surface area contributed by atoms with Crippen LogP contribution < -0.4 is 15.2 Å². The molecule has 16 heavy (non-hydrogen) atoms. The van der Waals surface area contributed by atoms with Crippen molar-refractivity contribution < 1.29 is 19.1 Å². The molecular formula is C11H11NO4. The highest BCUT2D eigenvalue weighted by molar-refractivity contribution is 5.99. The largest absolute Gasteiger partial charge is 0.493 e. The van der Waals surface area contributed by atoms with Crippen molar-refractivity contribution in [3.05, 3.63) is 23.8 Å². The summed E-state index contributed by atoms with van der Waals surface area (Å²) in [6.07, 6.45) is 0.280. The lowest BCUT2D eigenvalue weighted by molar-refractivity contribution is 0.0983. The van der Waals surface area contributed by atoms with Crippen molar-refractivity contribution in [3.8, 4) is 11.5 Å². The average molecular weight is 221 g/mol. The third-order valence-corrected chi connectivity index (χ3v) is 2.28. The fraction of sp³-hybridized carbons (Fsp3) is 0.273. The van der Waals surface area contributed by atoms with Gasteiger partial charge in [-0.05, 0) is 18.6 Å². The molecule has 1 aliphatic heterocycles. The van der Waals surface area contributed by atoms with Crippen LogP contribution in [0.1, 0.15) is 23.2 Å². The highest BCUT2D eigenvalue weighted by Gasteiger charge is 2.17. The van der Waals surface area contributed by atoms with Crippen molar-refractivity contribution in [2.75, 3.05) is 6.61 Å². The van der Waals surface area contributed by atoms with Crippen LogP contribution in [0.5, 0.6) is 11.5 Å². The van der Waals surface area contributed by atoms with Crippen molar-refractivity contribution in [3.63, 3.8) is 0 Å². The van der Waals surface area contributed by atoms with E-state index in [4.69, 9.17) is 15.2 Å². The number of carbonyl (C=O) groups excluding carboxylic acids is 2. The molecule has 0 saturated heterocycles. The third kappa shape index (κ3) is 2.13. The van der Waals surface area contributed by atoms with Gasteiger partial charge in [-0.15, -0.1) is 0 Å². The second-order valence-electron chi connectivity index (χ2n) is 3.45. The van der Waals surface area contributed by atoms with Gasteiger partial charge in [0.25, 0.3) is 0 Å². The molecule has 1 aromatic carbocycles. The maximum atomic E-state index is 11.6. The molecule has 1 aromatic rings. The van der Waals surface area contributed by atoms with Crippen LogP contribution in [0.15, 0.2) is 18.2 Å². The van der Waals surface area contributed by atoms with Gasteiger partial charge >= 0.3 is 6.09 Å². The second kappa shape index (κ2) is 4.22. The zero-order chi connectivity index (χ0) is 11.5. The Bertz CT molecular complexity index is 442. The lowest BCUT2D eigenvalue weighted by atomic mass is 10.1. The van der Waals surface area contributed by atoms with Crippen LogP contribution in [0.2, 0.25) is 0 Å². The first kappa shape index (κ1) is 10.5. The summed E-state index contributed by atoms with van der Waals surface area (Å²) in [7, 11) is 0. The van der Waals surface area contributed by atoms with Gasteiger partial charge in [0.1, 0.15) is 11.5 Å². The van der Waals surface area contributed by atoms with Crippen LogP contribution in [0.3, 0.4) is 0 Å². The second-order valence-corrected chi connectivity index (χ2v) is 3.45. The third-order valence-electron chi connectivity index (χ3n) is 2.28. The molecule has 0 atom stereocenters. The number of nitrogens with two attached hydrogens (primary N) is 1. The molecule has 0 aromatic heterocycles.